The first kappa shape index (κ1) is 12.6. The predicted octanol–water partition coefficient (Wildman–Crippen LogP) is 1.73. The number of rotatable bonds is 5. The molecule has 0 spiro atoms. The van der Waals surface area contributed by atoms with Gasteiger partial charge in [0.15, 0.2) is 11.5 Å². The Bertz CT molecular complexity index is 430. The second kappa shape index (κ2) is 5.68. The van der Waals surface area contributed by atoms with Crippen molar-refractivity contribution >= 4 is 5.69 Å². The molecule has 6 nitrogen and oxygen atoms in total. The highest BCUT2D eigenvalue weighted by Gasteiger charge is 2.17. The maximum Gasteiger partial charge on any atom is 0.273 e. The van der Waals surface area contributed by atoms with Gasteiger partial charge in [-0.1, -0.05) is 0 Å². The molecule has 2 rings (SSSR count). The highest BCUT2D eigenvalue weighted by molar-refractivity contribution is 5.48. The van der Waals surface area contributed by atoms with E-state index in [0.29, 0.717) is 24.1 Å². The number of hydrogen-bond donors (Lipinski definition) is 1. The monoisotopic (exact) mass is 252 g/mol. The smallest absolute Gasteiger partial charge is 0.273 e. The van der Waals surface area contributed by atoms with Gasteiger partial charge in [0.05, 0.1) is 18.1 Å². The summed E-state index contributed by atoms with van der Waals surface area (Å²) in [5, 5.41) is 14.0. The molecule has 1 saturated heterocycles. The molecule has 0 bridgehead atoms. The van der Waals surface area contributed by atoms with Crippen molar-refractivity contribution in [3.63, 3.8) is 0 Å². The Morgan fingerprint density at radius 2 is 2.33 bits per heavy atom. The zero-order chi connectivity index (χ0) is 13.0. The van der Waals surface area contributed by atoms with E-state index in [0.717, 1.165) is 19.4 Å². The van der Waals surface area contributed by atoms with Crippen molar-refractivity contribution in [3.8, 4) is 11.5 Å². The summed E-state index contributed by atoms with van der Waals surface area (Å²) in [6.07, 6.45) is 2.21. The van der Waals surface area contributed by atoms with E-state index in [1.807, 2.05) is 0 Å². The molecular formula is C12H16N2O4. The van der Waals surface area contributed by atoms with Crippen LogP contribution < -0.4 is 14.8 Å². The van der Waals surface area contributed by atoms with Crippen LogP contribution in [0.4, 0.5) is 5.69 Å². The Morgan fingerprint density at radius 1 is 1.50 bits per heavy atom. The second-order valence-electron chi connectivity index (χ2n) is 4.20. The number of nitrogens with zero attached hydrogens (tertiary/aromatic N) is 1. The number of hydrogen-bond acceptors (Lipinski definition) is 5. The van der Waals surface area contributed by atoms with Crippen LogP contribution in [0.15, 0.2) is 18.2 Å². The van der Waals surface area contributed by atoms with E-state index >= 15 is 0 Å². The summed E-state index contributed by atoms with van der Waals surface area (Å²) in [4.78, 5) is 10.3. The summed E-state index contributed by atoms with van der Waals surface area (Å²) in [7, 11) is 1.52. The van der Waals surface area contributed by atoms with Crippen LogP contribution in [0.1, 0.15) is 12.8 Å². The molecule has 0 aromatic heterocycles. The van der Waals surface area contributed by atoms with Gasteiger partial charge in [-0.05, 0) is 25.5 Å². The van der Waals surface area contributed by atoms with Crippen LogP contribution in [-0.2, 0) is 0 Å². The third-order valence-electron chi connectivity index (χ3n) is 2.96. The lowest BCUT2D eigenvalue weighted by Gasteiger charge is -2.14. The summed E-state index contributed by atoms with van der Waals surface area (Å²) < 4.78 is 10.7. The highest BCUT2D eigenvalue weighted by Crippen LogP contribution is 2.31. The van der Waals surface area contributed by atoms with Crippen molar-refractivity contribution < 1.29 is 14.4 Å². The lowest BCUT2D eigenvalue weighted by atomic mass is 10.2. The van der Waals surface area contributed by atoms with Gasteiger partial charge in [-0.15, -0.1) is 0 Å². The fourth-order valence-electron chi connectivity index (χ4n) is 1.98. The normalized spacial score (nSPS) is 18.6. The van der Waals surface area contributed by atoms with Crippen LogP contribution in [-0.4, -0.2) is 31.2 Å². The highest BCUT2D eigenvalue weighted by atomic mass is 16.6. The molecular weight excluding hydrogens is 236 g/mol. The number of ether oxygens (including phenoxy) is 2. The molecule has 0 saturated carbocycles. The average Bonchev–Trinajstić information content (AvgIpc) is 2.89. The molecule has 6 heteroatoms. The van der Waals surface area contributed by atoms with Gasteiger partial charge in [-0.2, -0.15) is 0 Å². The maximum absolute atomic E-state index is 10.7. The summed E-state index contributed by atoms with van der Waals surface area (Å²) in [5.41, 5.74) is 0.00480. The van der Waals surface area contributed by atoms with E-state index in [2.05, 4.69) is 5.32 Å². The van der Waals surface area contributed by atoms with Crippen LogP contribution >= 0.6 is 0 Å². The molecule has 1 aliphatic rings. The second-order valence-corrected chi connectivity index (χ2v) is 4.20. The summed E-state index contributed by atoms with van der Waals surface area (Å²) in [6, 6.07) is 4.66. The van der Waals surface area contributed by atoms with E-state index in [1.165, 1.54) is 19.2 Å². The zero-order valence-electron chi connectivity index (χ0n) is 10.2. The number of methoxy groups -OCH3 is 1. The van der Waals surface area contributed by atoms with Crippen molar-refractivity contribution in [2.24, 2.45) is 0 Å². The minimum Gasteiger partial charge on any atom is -0.493 e. The minimum atomic E-state index is -0.444. The fraction of sp³-hybridized carbons (Fsp3) is 0.500. The van der Waals surface area contributed by atoms with Gasteiger partial charge in [0.2, 0.25) is 0 Å². The van der Waals surface area contributed by atoms with Gasteiger partial charge in [0.1, 0.15) is 6.61 Å². The van der Waals surface area contributed by atoms with Crippen molar-refractivity contribution in [3.05, 3.63) is 28.3 Å². The molecule has 0 radical (unpaired) electrons. The summed E-state index contributed by atoms with van der Waals surface area (Å²) in [5.74, 6) is 0.930. The van der Waals surface area contributed by atoms with E-state index in [1.54, 1.807) is 6.07 Å². The molecule has 1 aromatic carbocycles. The van der Waals surface area contributed by atoms with E-state index in [-0.39, 0.29) is 5.69 Å². The first-order valence-electron chi connectivity index (χ1n) is 5.89. The topological polar surface area (TPSA) is 73.6 Å². The summed E-state index contributed by atoms with van der Waals surface area (Å²) in [6.45, 7) is 1.50. The molecule has 1 unspecified atom stereocenters. The van der Waals surface area contributed by atoms with Crippen molar-refractivity contribution in [1.82, 2.24) is 5.32 Å². The van der Waals surface area contributed by atoms with E-state index in [4.69, 9.17) is 9.47 Å². The van der Waals surface area contributed by atoms with Crippen LogP contribution in [0, 0.1) is 10.1 Å². The first-order chi connectivity index (χ1) is 8.70. The Hall–Kier alpha value is -1.82. The van der Waals surface area contributed by atoms with Crippen LogP contribution in [0.25, 0.3) is 0 Å². The Labute approximate surface area is 105 Å². The minimum absolute atomic E-state index is 0.00480. The molecule has 1 N–H and O–H groups in total. The van der Waals surface area contributed by atoms with E-state index < -0.39 is 4.92 Å². The molecule has 1 aromatic rings. The number of nitro benzene ring substituents is 1. The number of benzene rings is 1. The van der Waals surface area contributed by atoms with Gasteiger partial charge in [0, 0.05) is 12.1 Å². The lowest BCUT2D eigenvalue weighted by molar-refractivity contribution is -0.385. The Morgan fingerprint density at radius 3 is 2.94 bits per heavy atom. The molecule has 1 aliphatic heterocycles. The summed E-state index contributed by atoms with van der Waals surface area (Å²) >= 11 is 0. The van der Waals surface area contributed by atoms with Crippen molar-refractivity contribution in [1.29, 1.82) is 0 Å². The third kappa shape index (κ3) is 2.89. The Kier molecular flexibility index (Phi) is 3.99. The standard InChI is InChI=1S/C12H16N2O4/c1-17-11-5-4-10(14(15)16)7-12(11)18-8-9-3-2-6-13-9/h4-5,7,9,13H,2-3,6,8H2,1H3. The largest absolute Gasteiger partial charge is 0.493 e. The number of non-ortho nitro benzene ring substituents is 1. The van der Waals surface area contributed by atoms with Gasteiger partial charge < -0.3 is 14.8 Å². The van der Waals surface area contributed by atoms with Gasteiger partial charge in [-0.25, -0.2) is 0 Å². The third-order valence-corrected chi connectivity index (χ3v) is 2.96. The number of nitro groups is 1. The molecule has 1 fully saturated rings. The quantitative estimate of drug-likeness (QED) is 0.638. The molecule has 98 valence electrons. The van der Waals surface area contributed by atoms with Crippen molar-refractivity contribution in [2.45, 2.75) is 18.9 Å². The van der Waals surface area contributed by atoms with Crippen LogP contribution in [0.5, 0.6) is 11.5 Å². The molecule has 0 amide bonds. The molecule has 0 aliphatic carbocycles. The van der Waals surface area contributed by atoms with Crippen LogP contribution in [0.2, 0.25) is 0 Å². The Balaban J connectivity index is 2.08. The molecule has 1 heterocycles. The van der Waals surface area contributed by atoms with Gasteiger partial charge >= 0.3 is 0 Å². The first-order valence-corrected chi connectivity index (χ1v) is 5.89. The zero-order valence-corrected chi connectivity index (χ0v) is 10.2. The SMILES string of the molecule is COc1ccc([N+](=O)[O-])cc1OCC1CCCN1. The predicted molar refractivity (Wildman–Crippen MR) is 66.2 cm³/mol. The maximum atomic E-state index is 10.7. The van der Waals surface area contributed by atoms with Gasteiger partial charge in [-0.3, -0.25) is 10.1 Å². The molecule has 1 atom stereocenters. The lowest BCUT2D eigenvalue weighted by Crippen LogP contribution is -2.28. The average molecular weight is 252 g/mol. The van der Waals surface area contributed by atoms with Gasteiger partial charge in [0.25, 0.3) is 5.69 Å². The van der Waals surface area contributed by atoms with Crippen molar-refractivity contribution in [2.75, 3.05) is 20.3 Å². The number of nitrogens with one attached hydrogen (secondary N) is 1. The van der Waals surface area contributed by atoms with E-state index in [9.17, 15) is 10.1 Å². The molecule has 18 heavy (non-hydrogen) atoms. The van der Waals surface area contributed by atoms with Crippen LogP contribution in [0.3, 0.4) is 0 Å². The fourth-order valence-corrected chi connectivity index (χ4v) is 1.98.